The number of methoxy groups -OCH3 is 1. The highest BCUT2D eigenvalue weighted by Crippen LogP contribution is 2.32. The van der Waals surface area contributed by atoms with Crippen LogP contribution in [0.5, 0.6) is 5.75 Å². The van der Waals surface area contributed by atoms with E-state index in [0.717, 1.165) is 24.2 Å². The van der Waals surface area contributed by atoms with E-state index in [2.05, 4.69) is 27.8 Å². The Labute approximate surface area is 199 Å². The highest BCUT2D eigenvalue weighted by molar-refractivity contribution is 7.18. The minimum Gasteiger partial charge on any atom is -0.488 e. The third-order valence-electron chi connectivity index (χ3n) is 4.89. The highest BCUT2D eigenvalue weighted by Gasteiger charge is 2.20. The SMILES string of the molecule is CCCC[C@@H](O)CCNc1cc(C(=O)Nc2nnc(-c3c(Cl)ccn3C)s2)oc(=O)c1OC. The summed E-state index contributed by atoms with van der Waals surface area (Å²) in [5.41, 5.74) is 0.182. The maximum absolute atomic E-state index is 12.7. The molecule has 0 saturated carbocycles. The second kappa shape index (κ2) is 11.3. The first-order valence-electron chi connectivity index (χ1n) is 10.4. The van der Waals surface area contributed by atoms with E-state index in [9.17, 15) is 14.7 Å². The van der Waals surface area contributed by atoms with E-state index in [0.29, 0.717) is 40.8 Å². The Morgan fingerprint density at radius 1 is 1.39 bits per heavy atom. The molecule has 3 rings (SSSR count). The number of nitrogens with zero attached hydrogens (tertiary/aromatic N) is 3. The Kier molecular flexibility index (Phi) is 8.48. The standard InChI is InChI=1S/C21H26ClN5O5S/c1-4-5-6-12(28)7-9-23-14-11-15(32-20(30)17(14)31-3)18(29)24-21-26-25-19(33-21)16-13(22)8-10-27(16)2/h8,10-12,23,28H,4-7,9H2,1-3H3,(H,24,26,29)/t12-/m1/s1. The fraction of sp³-hybridized carbons (Fsp3) is 0.429. The summed E-state index contributed by atoms with van der Waals surface area (Å²) >= 11 is 7.32. The van der Waals surface area contributed by atoms with Crippen molar-refractivity contribution in [1.82, 2.24) is 14.8 Å². The van der Waals surface area contributed by atoms with Crippen LogP contribution in [0.15, 0.2) is 27.5 Å². The van der Waals surface area contributed by atoms with Crippen LogP contribution in [0, 0.1) is 0 Å². The van der Waals surface area contributed by atoms with Crippen LogP contribution in [0.2, 0.25) is 5.02 Å². The summed E-state index contributed by atoms with van der Waals surface area (Å²) in [7, 11) is 3.16. The van der Waals surface area contributed by atoms with Crippen LogP contribution in [0.25, 0.3) is 10.7 Å². The summed E-state index contributed by atoms with van der Waals surface area (Å²) in [4.78, 5) is 25.0. The number of unbranched alkanes of at least 4 members (excludes halogenated alkanes) is 1. The van der Waals surface area contributed by atoms with Gasteiger partial charge < -0.3 is 24.1 Å². The van der Waals surface area contributed by atoms with Crippen molar-refractivity contribution in [3.63, 3.8) is 0 Å². The fourth-order valence-corrected chi connectivity index (χ4v) is 4.33. The lowest BCUT2D eigenvalue weighted by molar-refractivity contribution is 0.0991. The van der Waals surface area contributed by atoms with Gasteiger partial charge in [-0.3, -0.25) is 10.1 Å². The van der Waals surface area contributed by atoms with Crippen molar-refractivity contribution in [3.8, 4) is 16.5 Å². The molecule has 3 heterocycles. The molecule has 0 spiro atoms. The van der Waals surface area contributed by atoms with Gasteiger partial charge in [-0.25, -0.2) is 4.79 Å². The van der Waals surface area contributed by atoms with Crippen molar-refractivity contribution in [3.05, 3.63) is 39.5 Å². The first-order valence-corrected chi connectivity index (χ1v) is 11.6. The normalized spacial score (nSPS) is 11.9. The van der Waals surface area contributed by atoms with E-state index in [4.69, 9.17) is 20.8 Å². The minimum atomic E-state index is -0.798. The molecular formula is C21H26ClN5O5S. The second-order valence-corrected chi connectivity index (χ2v) is 8.73. The fourth-order valence-electron chi connectivity index (χ4n) is 3.16. The number of nitrogens with one attached hydrogen (secondary N) is 2. The molecule has 10 nitrogen and oxygen atoms in total. The minimum absolute atomic E-state index is 0.0499. The number of carbonyl (C=O) groups excluding carboxylic acids is 1. The van der Waals surface area contributed by atoms with Gasteiger partial charge in [0.05, 0.1) is 29.6 Å². The van der Waals surface area contributed by atoms with Gasteiger partial charge in [0.2, 0.25) is 10.9 Å². The lowest BCUT2D eigenvalue weighted by Crippen LogP contribution is -2.19. The summed E-state index contributed by atoms with van der Waals surface area (Å²) in [6.07, 6.45) is 4.48. The quantitative estimate of drug-likeness (QED) is 0.366. The first kappa shape index (κ1) is 24.7. The van der Waals surface area contributed by atoms with E-state index in [-0.39, 0.29) is 16.6 Å². The Balaban J connectivity index is 1.72. The Bertz CT molecular complexity index is 1140. The molecule has 0 bridgehead atoms. The molecule has 0 saturated heterocycles. The van der Waals surface area contributed by atoms with Crippen LogP contribution in [0.1, 0.15) is 43.2 Å². The smallest absolute Gasteiger partial charge is 0.381 e. The largest absolute Gasteiger partial charge is 0.488 e. The lowest BCUT2D eigenvalue weighted by Gasteiger charge is -2.13. The van der Waals surface area contributed by atoms with E-state index in [1.54, 1.807) is 16.8 Å². The molecule has 0 aliphatic heterocycles. The van der Waals surface area contributed by atoms with Gasteiger partial charge >= 0.3 is 5.63 Å². The molecular weight excluding hydrogens is 470 g/mol. The van der Waals surface area contributed by atoms with Crippen molar-refractivity contribution in [1.29, 1.82) is 0 Å². The van der Waals surface area contributed by atoms with Gasteiger partial charge in [-0.15, -0.1) is 10.2 Å². The lowest BCUT2D eigenvalue weighted by atomic mass is 10.1. The molecule has 0 aliphatic rings. The van der Waals surface area contributed by atoms with Gasteiger partial charge in [-0.2, -0.15) is 0 Å². The van der Waals surface area contributed by atoms with Crippen molar-refractivity contribution in [2.24, 2.45) is 7.05 Å². The molecule has 178 valence electrons. The molecule has 0 aliphatic carbocycles. The van der Waals surface area contributed by atoms with Crippen LogP contribution in [-0.2, 0) is 7.05 Å². The molecule has 0 radical (unpaired) electrons. The summed E-state index contributed by atoms with van der Waals surface area (Å²) in [6.45, 7) is 2.45. The number of aliphatic hydroxyl groups is 1. The summed E-state index contributed by atoms with van der Waals surface area (Å²) < 4.78 is 12.0. The second-order valence-electron chi connectivity index (χ2n) is 7.35. The average Bonchev–Trinajstić information content (AvgIpc) is 3.37. The maximum Gasteiger partial charge on any atom is 0.381 e. The number of carbonyl (C=O) groups is 1. The van der Waals surface area contributed by atoms with Crippen molar-refractivity contribution in [2.75, 3.05) is 24.3 Å². The average molecular weight is 496 g/mol. The predicted octanol–water partition coefficient (Wildman–Crippen LogP) is 3.76. The molecule has 0 unspecified atom stereocenters. The summed E-state index contributed by atoms with van der Waals surface area (Å²) in [6, 6.07) is 3.11. The molecule has 3 aromatic rings. The van der Waals surface area contributed by atoms with Crippen LogP contribution in [0.4, 0.5) is 10.8 Å². The van der Waals surface area contributed by atoms with E-state index in [1.807, 2.05) is 7.05 Å². The number of ether oxygens (including phenoxy) is 1. The van der Waals surface area contributed by atoms with E-state index in [1.165, 1.54) is 13.2 Å². The number of aromatic nitrogens is 3. The van der Waals surface area contributed by atoms with E-state index < -0.39 is 17.6 Å². The van der Waals surface area contributed by atoms with Gasteiger partial charge in [0.25, 0.3) is 5.91 Å². The monoisotopic (exact) mass is 495 g/mol. The van der Waals surface area contributed by atoms with Gasteiger partial charge in [-0.05, 0) is 18.9 Å². The van der Waals surface area contributed by atoms with Crippen LogP contribution >= 0.6 is 22.9 Å². The highest BCUT2D eigenvalue weighted by atomic mass is 35.5. The molecule has 0 aromatic carbocycles. The number of amides is 1. The zero-order chi connectivity index (χ0) is 24.0. The number of halogens is 1. The topological polar surface area (TPSA) is 132 Å². The molecule has 33 heavy (non-hydrogen) atoms. The number of aliphatic hydroxyl groups excluding tert-OH is 1. The van der Waals surface area contributed by atoms with Crippen molar-refractivity contribution >= 4 is 39.7 Å². The first-order chi connectivity index (χ1) is 15.8. The van der Waals surface area contributed by atoms with Gasteiger partial charge in [0.1, 0.15) is 0 Å². The summed E-state index contributed by atoms with van der Waals surface area (Å²) in [5, 5.41) is 24.9. The Hall–Kier alpha value is -2.89. The van der Waals surface area contributed by atoms with Crippen LogP contribution in [-0.4, -0.2) is 45.5 Å². The number of aryl methyl sites for hydroxylation is 1. The Morgan fingerprint density at radius 3 is 2.85 bits per heavy atom. The van der Waals surface area contributed by atoms with Crippen molar-refractivity contribution in [2.45, 2.75) is 38.7 Å². The van der Waals surface area contributed by atoms with Gasteiger partial charge in [0, 0.05) is 25.9 Å². The molecule has 3 aromatic heterocycles. The predicted molar refractivity (Wildman–Crippen MR) is 127 cm³/mol. The number of hydrogen-bond acceptors (Lipinski definition) is 9. The number of hydrogen-bond donors (Lipinski definition) is 3. The molecule has 1 atom stereocenters. The Morgan fingerprint density at radius 2 is 2.18 bits per heavy atom. The molecule has 3 N–H and O–H groups in total. The van der Waals surface area contributed by atoms with Crippen LogP contribution in [0.3, 0.4) is 0 Å². The third kappa shape index (κ3) is 6.12. The van der Waals surface area contributed by atoms with Gasteiger partial charge in [-0.1, -0.05) is 42.7 Å². The maximum atomic E-state index is 12.7. The van der Waals surface area contributed by atoms with Crippen LogP contribution < -0.4 is 21.0 Å². The molecule has 0 fully saturated rings. The molecule has 12 heteroatoms. The van der Waals surface area contributed by atoms with Crippen molar-refractivity contribution < 1.29 is 19.1 Å². The summed E-state index contributed by atoms with van der Waals surface area (Å²) in [5.74, 6) is -0.934. The van der Waals surface area contributed by atoms with Gasteiger partial charge in [0.15, 0.2) is 10.8 Å². The molecule has 1 amide bonds. The van der Waals surface area contributed by atoms with E-state index >= 15 is 0 Å². The third-order valence-corrected chi connectivity index (χ3v) is 6.04. The number of rotatable bonds is 11. The zero-order valence-electron chi connectivity index (χ0n) is 18.6. The number of anilines is 2. The zero-order valence-corrected chi connectivity index (χ0v) is 20.1.